The van der Waals surface area contributed by atoms with Crippen molar-refractivity contribution in [1.82, 2.24) is 14.0 Å². The second-order valence-corrected chi connectivity index (χ2v) is 7.90. The number of nitrogens with one attached hydrogen (secondary N) is 1. The van der Waals surface area contributed by atoms with Crippen molar-refractivity contribution in [3.8, 4) is 0 Å². The second kappa shape index (κ2) is 4.98. The first-order valence-corrected chi connectivity index (χ1v) is 9.39. The van der Waals surface area contributed by atoms with Gasteiger partial charge in [0.2, 0.25) is 0 Å². The maximum absolute atomic E-state index is 12.7. The fraction of sp³-hybridized carbons (Fsp3) is 0.0714. The van der Waals surface area contributed by atoms with Crippen LogP contribution in [-0.4, -0.2) is 22.4 Å². The molecule has 0 fully saturated rings. The Bertz CT molecular complexity index is 1140. The third-order valence-electron chi connectivity index (χ3n) is 3.57. The zero-order valence-electron chi connectivity index (χ0n) is 11.9. The third kappa shape index (κ3) is 2.30. The van der Waals surface area contributed by atoms with Crippen LogP contribution in [0, 0.1) is 0 Å². The summed E-state index contributed by atoms with van der Waals surface area (Å²) in [5, 5.41) is 2.62. The van der Waals surface area contributed by atoms with E-state index in [9.17, 15) is 8.42 Å². The number of hydrogen-bond donors (Lipinski definition) is 1. The molecule has 0 aliphatic carbocycles. The maximum Gasteiger partial charge on any atom is 0.281 e. The number of imidazole rings is 1. The van der Waals surface area contributed by atoms with E-state index >= 15 is 0 Å². The molecule has 0 unspecified atom stereocenters. The number of hydrogen-bond acceptors (Lipinski definition) is 4. The number of sulfonamides is 1. The Kier molecular flexibility index (Phi) is 3.15. The van der Waals surface area contributed by atoms with E-state index in [1.165, 1.54) is 15.7 Å². The molecule has 0 radical (unpaired) electrons. The molecular weight excluding hydrogens is 356 g/mol. The normalized spacial score (nSPS) is 12.3. The highest BCUT2D eigenvalue weighted by Gasteiger charge is 2.25. The molecule has 0 aliphatic rings. The van der Waals surface area contributed by atoms with Crippen molar-refractivity contribution in [2.24, 2.45) is 7.05 Å². The van der Waals surface area contributed by atoms with Gasteiger partial charge in [-0.3, -0.25) is 9.12 Å². The van der Waals surface area contributed by atoms with Crippen molar-refractivity contribution < 1.29 is 8.42 Å². The molecule has 0 saturated carbocycles. The van der Waals surface area contributed by atoms with E-state index in [-0.39, 0.29) is 10.2 Å². The van der Waals surface area contributed by atoms with Crippen molar-refractivity contribution in [2.45, 2.75) is 5.03 Å². The summed E-state index contributed by atoms with van der Waals surface area (Å²) in [4.78, 5) is 4.59. The van der Waals surface area contributed by atoms with E-state index in [0.29, 0.717) is 10.6 Å². The molecular formula is C14H11ClN4O2S2. The van der Waals surface area contributed by atoms with Gasteiger partial charge < -0.3 is 4.57 Å². The van der Waals surface area contributed by atoms with Crippen molar-refractivity contribution in [3.05, 3.63) is 47.2 Å². The summed E-state index contributed by atoms with van der Waals surface area (Å²) < 4.78 is 31.4. The van der Waals surface area contributed by atoms with E-state index in [1.54, 1.807) is 23.7 Å². The van der Waals surface area contributed by atoms with Crippen LogP contribution >= 0.6 is 22.9 Å². The van der Waals surface area contributed by atoms with Crippen molar-refractivity contribution in [1.29, 1.82) is 0 Å². The number of aromatic nitrogens is 3. The first-order valence-electron chi connectivity index (χ1n) is 6.65. The molecule has 1 aromatic carbocycles. The highest BCUT2D eigenvalue weighted by molar-refractivity contribution is 7.92. The zero-order chi connectivity index (χ0) is 16.2. The Morgan fingerprint density at radius 2 is 2.09 bits per heavy atom. The summed E-state index contributed by atoms with van der Waals surface area (Å²) in [6.45, 7) is 0. The maximum atomic E-state index is 12.7. The van der Waals surface area contributed by atoms with Crippen LogP contribution in [0.25, 0.3) is 15.9 Å². The lowest BCUT2D eigenvalue weighted by atomic mass is 10.2. The Morgan fingerprint density at radius 1 is 1.26 bits per heavy atom. The standard InChI is InChI=1S/C14H11ClN4O2S2/c1-18-5-4-9-8-10(2-3-11(9)18)17-23(20,21)13-12(15)16-14-19(13)6-7-22-14/h2-8,17H,1H3. The van der Waals surface area contributed by atoms with Crippen molar-refractivity contribution >= 4 is 54.5 Å². The van der Waals surface area contributed by atoms with Crippen LogP contribution in [0.1, 0.15) is 0 Å². The van der Waals surface area contributed by atoms with Gasteiger partial charge in [0.15, 0.2) is 15.1 Å². The van der Waals surface area contributed by atoms with Gasteiger partial charge in [-0.25, -0.2) is 4.98 Å². The molecule has 9 heteroatoms. The molecule has 1 N–H and O–H groups in total. The summed E-state index contributed by atoms with van der Waals surface area (Å²) in [6, 6.07) is 7.30. The summed E-state index contributed by atoms with van der Waals surface area (Å²) in [6.07, 6.45) is 3.56. The van der Waals surface area contributed by atoms with E-state index in [2.05, 4.69) is 9.71 Å². The summed E-state index contributed by atoms with van der Waals surface area (Å²) in [7, 11) is -1.90. The van der Waals surface area contributed by atoms with Gasteiger partial charge >= 0.3 is 0 Å². The highest BCUT2D eigenvalue weighted by atomic mass is 35.5. The summed E-state index contributed by atoms with van der Waals surface area (Å²) in [5.74, 6) is 0. The Hall–Kier alpha value is -2.03. The molecule has 0 bridgehead atoms. The van der Waals surface area contributed by atoms with Crippen LogP contribution in [0.3, 0.4) is 0 Å². The highest BCUT2D eigenvalue weighted by Crippen LogP contribution is 2.28. The zero-order valence-corrected chi connectivity index (χ0v) is 14.3. The molecule has 0 aliphatic heterocycles. The van der Waals surface area contributed by atoms with Gasteiger partial charge in [-0.05, 0) is 24.3 Å². The van der Waals surface area contributed by atoms with Gasteiger partial charge in [0.1, 0.15) is 0 Å². The van der Waals surface area contributed by atoms with Crippen molar-refractivity contribution in [2.75, 3.05) is 4.72 Å². The Morgan fingerprint density at radius 3 is 2.91 bits per heavy atom. The predicted molar refractivity (Wildman–Crippen MR) is 91.8 cm³/mol. The van der Waals surface area contributed by atoms with E-state index in [1.807, 2.05) is 29.9 Å². The quantitative estimate of drug-likeness (QED) is 0.604. The molecule has 118 valence electrons. The second-order valence-electron chi connectivity index (χ2n) is 5.07. The monoisotopic (exact) mass is 366 g/mol. The lowest BCUT2D eigenvalue weighted by molar-refractivity contribution is 0.597. The minimum atomic E-state index is -3.84. The van der Waals surface area contributed by atoms with Gasteiger partial charge in [-0.2, -0.15) is 8.42 Å². The molecule has 3 aromatic heterocycles. The number of benzene rings is 1. The van der Waals surface area contributed by atoms with E-state index in [4.69, 9.17) is 11.6 Å². The van der Waals surface area contributed by atoms with E-state index in [0.717, 1.165) is 10.9 Å². The van der Waals surface area contributed by atoms with Crippen LogP contribution < -0.4 is 4.72 Å². The third-order valence-corrected chi connectivity index (χ3v) is 6.11. The molecule has 6 nitrogen and oxygen atoms in total. The Balaban J connectivity index is 1.79. The topological polar surface area (TPSA) is 68.4 Å². The predicted octanol–water partition coefficient (Wildman–Crippen LogP) is 3.34. The molecule has 4 aromatic rings. The lowest BCUT2D eigenvalue weighted by Crippen LogP contribution is -2.15. The molecule has 3 heterocycles. The molecule has 0 spiro atoms. The van der Waals surface area contributed by atoms with Crippen LogP contribution in [-0.2, 0) is 17.1 Å². The molecule has 23 heavy (non-hydrogen) atoms. The van der Waals surface area contributed by atoms with Crippen LogP contribution in [0.15, 0.2) is 47.1 Å². The van der Waals surface area contributed by atoms with Crippen LogP contribution in [0.5, 0.6) is 0 Å². The Labute approximate surface area is 141 Å². The average molecular weight is 367 g/mol. The van der Waals surface area contributed by atoms with Gasteiger partial charge in [-0.1, -0.05) is 11.6 Å². The van der Waals surface area contributed by atoms with E-state index < -0.39 is 10.0 Å². The average Bonchev–Trinajstić information content (AvgIpc) is 3.13. The number of aryl methyl sites for hydroxylation is 1. The number of anilines is 1. The lowest BCUT2D eigenvalue weighted by Gasteiger charge is -2.08. The summed E-state index contributed by atoms with van der Waals surface area (Å²) >= 11 is 7.33. The number of fused-ring (bicyclic) bond motifs is 2. The first-order chi connectivity index (χ1) is 11.0. The molecule has 4 rings (SSSR count). The molecule has 0 atom stereocenters. The van der Waals surface area contributed by atoms with Gasteiger partial charge in [-0.15, -0.1) is 11.3 Å². The fourth-order valence-electron chi connectivity index (χ4n) is 2.53. The summed E-state index contributed by atoms with van der Waals surface area (Å²) in [5.41, 5.74) is 1.50. The molecule has 0 saturated heterocycles. The fourth-order valence-corrected chi connectivity index (χ4v) is 5.03. The largest absolute Gasteiger partial charge is 0.351 e. The van der Waals surface area contributed by atoms with Crippen LogP contribution in [0.2, 0.25) is 5.15 Å². The minimum Gasteiger partial charge on any atom is -0.351 e. The molecule has 0 amide bonds. The number of halogens is 1. The van der Waals surface area contributed by atoms with Gasteiger partial charge in [0.25, 0.3) is 10.0 Å². The first kappa shape index (κ1) is 14.6. The minimum absolute atomic E-state index is 0.0369. The van der Waals surface area contributed by atoms with Gasteiger partial charge in [0, 0.05) is 41.4 Å². The number of nitrogens with zero attached hydrogens (tertiary/aromatic N) is 3. The smallest absolute Gasteiger partial charge is 0.281 e. The SMILES string of the molecule is Cn1ccc2cc(NS(=O)(=O)c3c(Cl)nc4sccn34)ccc21. The van der Waals surface area contributed by atoms with Crippen LogP contribution in [0.4, 0.5) is 5.69 Å². The van der Waals surface area contributed by atoms with Gasteiger partial charge in [0.05, 0.1) is 0 Å². The number of thiazole rings is 1. The van der Waals surface area contributed by atoms with Crippen molar-refractivity contribution in [3.63, 3.8) is 0 Å². The number of rotatable bonds is 3.